The van der Waals surface area contributed by atoms with Crippen LogP contribution >= 0.6 is 0 Å². The molecule has 108 valence electrons. The van der Waals surface area contributed by atoms with E-state index in [1.54, 1.807) is 0 Å². The molecule has 1 heterocycles. The van der Waals surface area contributed by atoms with Gasteiger partial charge in [0.1, 0.15) is 0 Å². The zero-order valence-electron chi connectivity index (χ0n) is 13.2. The molecule has 0 spiro atoms. The number of rotatable bonds is 8. The van der Waals surface area contributed by atoms with Gasteiger partial charge in [0.05, 0.1) is 6.61 Å². The molecule has 0 amide bonds. The highest BCUT2D eigenvalue weighted by Gasteiger charge is 2.06. The fraction of sp³-hybridized carbons (Fsp3) is 0.706. The Labute approximate surface area is 118 Å². The summed E-state index contributed by atoms with van der Waals surface area (Å²) in [6, 6.07) is 4.27. The first-order valence-electron chi connectivity index (χ1n) is 7.66. The zero-order chi connectivity index (χ0) is 14.3. The number of aromatic nitrogens is 1. The molecule has 0 aliphatic carbocycles. The third-order valence-electron chi connectivity index (χ3n) is 3.31. The van der Waals surface area contributed by atoms with Crippen LogP contribution in [0.15, 0.2) is 12.1 Å². The van der Waals surface area contributed by atoms with Gasteiger partial charge in [0.2, 0.25) is 5.88 Å². The van der Waals surface area contributed by atoms with Crippen LogP contribution in [0.3, 0.4) is 0 Å². The van der Waals surface area contributed by atoms with Gasteiger partial charge in [-0.1, -0.05) is 41.0 Å². The highest BCUT2D eigenvalue weighted by Crippen LogP contribution is 2.19. The quantitative estimate of drug-likeness (QED) is 0.618. The van der Waals surface area contributed by atoms with E-state index in [9.17, 15) is 0 Å². The summed E-state index contributed by atoms with van der Waals surface area (Å²) >= 11 is 0. The predicted molar refractivity (Wildman–Crippen MR) is 81.9 cm³/mol. The molecule has 19 heavy (non-hydrogen) atoms. The van der Waals surface area contributed by atoms with Crippen LogP contribution in [-0.4, -0.2) is 11.6 Å². The third kappa shape index (κ3) is 6.09. The summed E-state index contributed by atoms with van der Waals surface area (Å²) in [7, 11) is 0. The van der Waals surface area contributed by atoms with Crippen molar-refractivity contribution < 1.29 is 4.74 Å². The number of nitrogens with zero attached hydrogens (tertiary/aromatic N) is 1. The van der Waals surface area contributed by atoms with Gasteiger partial charge in [-0.05, 0) is 42.7 Å². The molecule has 2 heteroatoms. The molecule has 0 saturated heterocycles. The van der Waals surface area contributed by atoms with E-state index in [-0.39, 0.29) is 0 Å². The molecule has 0 aliphatic heterocycles. The smallest absolute Gasteiger partial charge is 0.213 e. The highest BCUT2D eigenvalue weighted by atomic mass is 16.5. The van der Waals surface area contributed by atoms with Gasteiger partial charge in [0.25, 0.3) is 0 Å². The molecular weight excluding hydrogens is 234 g/mol. The van der Waals surface area contributed by atoms with Gasteiger partial charge in [-0.3, -0.25) is 0 Å². The summed E-state index contributed by atoms with van der Waals surface area (Å²) in [5.74, 6) is 2.04. The summed E-state index contributed by atoms with van der Waals surface area (Å²) in [6.07, 6.45) is 4.67. The van der Waals surface area contributed by atoms with E-state index < -0.39 is 0 Å². The summed E-state index contributed by atoms with van der Waals surface area (Å²) in [5, 5.41) is 0. The first kappa shape index (κ1) is 16.0. The van der Waals surface area contributed by atoms with Crippen LogP contribution in [0.4, 0.5) is 0 Å². The molecule has 0 fully saturated rings. The molecule has 0 saturated carbocycles. The van der Waals surface area contributed by atoms with Crippen molar-refractivity contribution in [2.75, 3.05) is 6.61 Å². The second-order valence-corrected chi connectivity index (χ2v) is 5.98. The Bertz CT molecular complexity index is 372. The number of ether oxygens (including phenoxy) is 1. The fourth-order valence-electron chi connectivity index (χ4n) is 1.99. The number of aryl methyl sites for hydroxylation is 1. The average Bonchev–Trinajstić information content (AvgIpc) is 2.37. The monoisotopic (exact) mass is 263 g/mol. The number of unbranched alkanes of at least 4 members (excludes halogenated alkanes) is 1. The molecular formula is C17H29NO. The molecule has 0 unspecified atom stereocenters. The topological polar surface area (TPSA) is 22.1 Å². The minimum atomic E-state index is 0.454. The Morgan fingerprint density at radius 1 is 1.11 bits per heavy atom. The maximum Gasteiger partial charge on any atom is 0.213 e. The largest absolute Gasteiger partial charge is 0.478 e. The van der Waals surface area contributed by atoms with E-state index in [0.717, 1.165) is 36.9 Å². The fourth-order valence-corrected chi connectivity index (χ4v) is 1.99. The van der Waals surface area contributed by atoms with Crippen molar-refractivity contribution in [3.63, 3.8) is 0 Å². The van der Waals surface area contributed by atoms with Crippen LogP contribution in [0.25, 0.3) is 0 Å². The molecule has 2 nitrogen and oxygen atoms in total. The standard InChI is InChI=1S/C17H29NO/c1-6-15-11-16(14(4)5)18-17(12-15)19-10-8-7-9-13(2)3/h11-14H,6-10H2,1-5H3. The lowest BCUT2D eigenvalue weighted by Gasteiger charge is -2.11. The van der Waals surface area contributed by atoms with Crippen LogP contribution in [-0.2, 0) is 6.42 Å². The van der Waals surface area contributed by atoms with E-state index in [2.05, 4.69) is 51.7 Å². The lowest BCUT2D eigenvalue weighted by atomic mass is 10.1. The van der Waals surface area contributed by atoms with Gasteiger partial charge >= 0.3 is 0 Å². The third-order valence-corrected chi connectivity index (χ3v) is 3.31. The van der Waals surface area contributed by atoms with Gasteiger partial charge in [-0.2, -0.15) is 0 Å². The second-order valence-electron chi connectivity index (χ2n) is 5.98. The van der Waals surface area contributed by atoms with Crippen LogP contribution in [0.5, 0.6) is 5.88 Å². The van der Waals surface area contributed by atoms with Gasteiger partial charge in [-0.15, -0.1) is 0 Å². The van der Waals surface area contributed by atoms with E-state index in [0.29, 0.717) is 5.92 Å². The minimum absolute atomic E-state index is 0.454. The molecule has 0 N–H and O–H groups in total. The Hall–Kier alpha value is -1.05. The van der Waals surface area contributed by atoms with Gasteiger partial charge in [-0.25, -0.2) is 4.98 Å². The molecule has 0 radical (unpaired) electrons. The van der Waals surface area contributed by atoms with Crippen LogP contribution in [0.2, 0.25) is 0 Å². The molecule has 0 aromatic carbocycles. The number of pyridine rings is 1. The maximum absolute atomic E-state index is 5.81. The van der Waals surface area contributed by atoms with E-state index in [1.807, 2.05) is 0 Å². The predicted octanol–water partition coefficient (Wildman–Crippen LogP) is 4.97. The highest BCUT2D eigenvalue weighted by molar-refractivity contribution is 5.26. The normalized spacial score (nSPS) is 11.3. The second kappa shape index (κ2) is 8.19. The van der Waals surface area contributed by atoms with Crippen molar-refractivity contribution in [2.24, 2.45) is 5.92 Å². The average molecular weight is 263 g/mol. The maximum atomic E-state index is 5.81. The lowest BCUT2D eigenvalue weighted by Crippen LogP contribution is -2.03. The van der Waals surface area contributed by atoms with Crippen LogP contribution in [0.1, 0.15) is 71.1 Å². The molecule has 1 rings (SSSR count). The Kier molecular flexibility index (Phi) is 6.90. The zero-order valence-corrected chi connectivity index (χ0v) is 13.2. The number of hydrogen-bond donors (Lipinski definition) is 0. The summed E-state index contributed by atoms with van der Waals surface area (Å²) < 4.78 is 5.81. The van der Waals surface area contributed by atoms with Crippen LogP contribution < -0.4 is 4.74 Å². The number of hydrogen-bond acceptors (Lipinski definition) is 2. The van der Waals surface area contributed by atoms with Crippen molar-refractivity contribution in [3.05, 3.63) is 23.4 Å². The molecule has 0 aliphatic rings. The Morgan fingerprint density at radius 3 is 2.42 bits per heavy atom. The summed E-state index contributed by atoms with van der Waals surface area (Å²) in [4.78, 5) is 4.59. The van der Waals surface area contributed by atoms with Crippen molar-refractivity contribution >= 4 is 0 Å². The van der Waals surface area contributed by atoms with Gasteiger partial charge < -0.3 is 4.74 Å². The van der Waals surface area contributed by atoms with Gasteiger partial charge in [0, 0.05) is 11.8 Å². The van der Waals surface area contributed by atoms with Crippen molar-refractivity contribution in [3.8, 4) is 5.88 Å². The van der Waals surface area contributed by atoms with Crippen molar-refractivity contribution in [1.82, 2.24) is 4.98 Å². The Morgan fingerprint density at radius 2 is 1.84 bits per heavy atom. The van der Waals surface area contributed by atoms with Crippen molar-refractivity contribution in [2.45, 2.75) is 66.2 Å². The minimum Gasteiger partial charge on any atom is -0.478 e. The first-order valence-corrected chi connectivity index (χ1v) is 7.66. The lowest BCUT2D eigenvalue weighted by molar-refractivity contribution is 0.289. The summed E-state index contributed by atoms with van der Waals surface area (Å²) in [5.41, 5.74) is 2.45. The van der Waals surface area contributed by atoms with E-state index in [4.69, 9.17) is 4.74 Å². The van der Waals surface area contributed by atoms with E-state index in [1.165, 1.54) is 18.4 Å². The SMILES string of the molecule is CCc1cc(OCCCCC(C)C)nc(C(C)C)c1. The molecule has 1 aromatic heterocycles. The summed E-state index contributed by atoms with van der Waals surface area (Å²) in [6.45, 7) is 11.8. The van der Waals surface area contributed by atoms with E-state index >= 15 is 0 Å². The Balaban J connectivity index is 2.50. The first-order chi connectivity index (χ1) is 9.02. The van der Waals surface area contributed by atoms with Gasteiger partial charge in [0.15, 0.2) is 0 Å². The van der Waals surface area contributed by atoms with Crippen LogP contribution in [0, 0.1) is 5.92 Å². The molecule has 0 atom stereocenters. The molecule has 0 bridgehead atoms. The molecule has 1 aromatic rings. The van der Waals surface area contributed by atoms with Crippen molar-refractivity contribution in [1.29, 1.82) is 0 Å².